The van der Waals surface area contributed by atoms with Crippen molar-refractivity contribution in [3.8, 4) is 0 Å². The Hall–Kier alpha value is -0.120. The van der Waals surface area contributed by atoms with Crippen molar-refractivity contribution in [3.63, 3.8) is 0 Å². The fourth-order valence-electron chi connectivity index (χ4n) is 2.36. The molecular weight excluding hydrogens is 174 g/mol. The molecule has 2 fully saturated rings. The lowest BCUT2D eigenvalue weighted by Gasteiger charge is -2.37. The number of nitrogens with zero attached hydrogens (tertiary/aromatic N) is 2. The maximum Gasteiger partial charge on any atom is 0.0283 e. The molecular formula is C11H23N3. The Morgan fingerprint density at radius 2 is 1.79 bits per heavy atom. The first-order valence-electron chi connectivity index (χ1n) is 5.78. The van der Waals surface area contributed by atoms with Crippen LogP contribution < -0.4 is 5.73 Å². The highest BCUT2D eigenvalue weighted by Crippen LogP contribution is 2.38. The molecule has 1 heterocycles. The summed E-state index contributed by atoms with van der Waals surface area (Å²) in [5, 5.41) is 0. The summed E-state index contributed by atoms with van der Waals surface area (Å²) in [7, 11) is 2.19. The molecule has 1 atom stereocenters. The van der Waals surface area contributed by atoms with Crippen LogP contribution in [0, 0.1) is 5.92 Å². The van der Waals surface area contributed by atoms with Gasteiger partial charge in [-0.15, -0.1) is 0 Å². The molecule has 14 heavy (non-hydrogen) atoms. The van der Waals surface area contributed by atoms with Gasteiger partial charge in [0.15, 0.2) is 0 Å². The van der Waals surface area contributed by atoms with Gasteiger partial charge in [0.2, 0.25) is 0 Å². The van der Waals surface area contributed by atoms with Gasteiger partial charge in [-0.1, -0.05) is 0 Å². The Morgan fingerprint density at radius 1 is 1.21 bits per heavy atom. The van der Waals surface area contributed by atoms with Crippen LogP contribution in [0.25, 0.3) is 0 Å². The van der Waals surface area contributed by atoms with Gasteiger partial charge >= 0.3 is 0 Å². The van der Waals surface area contributed by atoms with Gasteiger partial charge in [-0.05, 0) is 32.7 Å². The van der Waals surface area contributed by atoms with Crippen LogP contribution in [0.2, 0.25) is 0 Å². The van der Waals surface area contributed by atoms with Crippen LogP contribution in [0.3, 0.4) is 0 Å². The lowest BCUT2D eigenvalue weighted by atomic mass is 9.96. The molecule has 0 radical (unpaired) electrons. The van der Waals surface area contributed by atoms with Crippen LogP contribution >= 0.6 is 0 Å². The largest absolute Gasteiger partial charge is 0.324 e. The second kappa shape index (κ2) is 3.80. The van der Waals surface area contributed by atoms with Crippen LogP contribution in [-0.4, -0.2) is 55.1 Å². The number of hydrogen-bond acceptors (Lipinski definition) is 3. The summed E-state index contributed by atoms with van der Waals surface area (Å²) < 4.78 is 0. The van der Waals surface area contributed by atoms with Crippen molar-refractivity contribution in [1.29, 1.82) is 0 Å². The van der Waals surface area contributed by atoms with Crippen LogP contribution in [0.4, 0.5) is 0 Å². The highest BCUT2D eigenvalue weighted by atomic mass is 15.3. The number of piperazine rings is 1. The molecule has 0 amide bonds. The van der Waals surface area contributed by atoms with Crippen molar-refractivity contribution in [2.45, 2.75) is 25.3 Å². The molecule has 0 spiro atoms. The van der Waals surface area contributed by atoms with Crippen molar-refractivity contribution in [3.05, 3.63) is 0 Å². The zero-order valence-electron chi connectivity index (χ0n) is 9.50. The molecule has 2 N–H and O–H groups in total. The monoisotopic (exact) mass is 197 g/mol. The molecule has 3 heteroatoms. The summed E-state index contributed by atoms with van der Waals surface area (Å²) in [6, 6.07) is 0. The molecule has 1 saturated heterocycles. The van der Waals surface area contributed by atoms with E-state index in [2.05, 4.69) is 23.8 Å². The molecule has 82 valence electrons. The van der Waals surface area contributed by atoms with E-state index >= 15 is 0 Å². The van der Waals surface area contributed by atoms with Gasteiger partial charge in [0, 0.05) is 38.3 Å². The van der Waals surface area contributed by atoms with Gasteiger partial charge in [0.25, 0.3) is 0 Å². The summed E-state index contributed by atoms with van der Waals surface area (Å²) >= 11 is 0. The Morgan fingerprint density at radius 3 is 2.29 bits per heavy atom. The van der Waals surface area contributed by atoms with Gasteiger partial charge in [0.1, 0.15) is 0 Å². The topological polar surface area (TPSA) is 32.5 Å². The maximum atomic E-state index is 6.33. The van der Waals surface area contributed by atoms with Gasteiger partial charge in [-0.2, -0.15) is 0 Å². The standard InChI is InChI=1S/C11H23N3/c1-11(12,10-3-4-10)9-14-7-5-13(2)6-8-14/h10H,3-9,12H2,1-2H3. The number of likely N-dealkylation sites (N-methyl/N-ethyl adjacent to an activating group) is 1. The van der Waals surface area contributed by atoms with Crippen molar-refractivity contribution >= 4 is 0 Å². The van der Waals surface area contributed by atoms with Gasteiger partial charge in [-0.25, -0.2) is 0 Å². The first-order chi connectivity index (χ1) is 6.58. The minimum Gasteiger partial charge on any atom is -0.324 e. The van der Waals surface area contributed by atoms with Crippen LogP contribution in [0.5, 0.6) is 0 Å². The molecule has 2 rings (SSSR count). The summed E-state index contributed by atoms with van der Waals surface area (Å²) in [4.78, 5) is 4.92. The zero-order valence-corrected chi connectivity index (χ0v) is 9.50. The number of nitrogens with two attached hydrogens (primary N) is 1. The molecule has 2 aliphatic rings. The van der Waals surface area contributed by atoms with Gasteiger partial charge in [0.05, 0.1) is 0 Å². The molecule has 1 saturated carbocycles. The van der Waals surface area contributed by atoms with Gasteiger partial charge in [-0.3, -0.25) is 4.90 Å². The van der Waals surface area contributed by atoms with Crippen LogP contribution in [0.1, 0.15) is 19.8 Å². The number of hydrogen-bond donors (Lipinski definition) is 1. The van der Waals surface area contributed by atoms with Crippen LogP contribution in [-0.2, 0) is 0 Å². The minimum absolute atomic E-state index is 0.0654. The van der Waals surface area contributed by atoms with E-state index in [1.165, 1.54) is 39.0 Å². The lowest BCUT2D eigenvalue weighted by Crippen LogP contribution is -2.54. The highest BCUT2D eigenvalue weighted by Gasteiger charge is 2.39. The molecule has 3 nitrogen and oxygen atoms in total. The molecule has 0 bridgehead atoms. The average molecular weight is 197 g/mol. The Bertz CT molecular complexity index is 191. The normalized spacial score (nSPS) is 30.2. The van der Waals surface area contributed by atoms with E-state index < -0.39 is 0 Å². The van der Waals surface area contributed by atoms with Crippen molar-refractivity contribution in [1.82, 2.24) is 9.80 Å². The minimum atomic E-state index is 0.0654. The van der Waals surface area contributed by atoms with E-state index in [0.717, 1.165) is 12.5 Å². The fraction of sp³-hybridized carbons (Fsp3) is 1.00. The molecule has 0 aromatic rings. The summed E-state index contributed by atoms with van der Waals surface area (Å²) in [6.07, 6.45) is 2.70. The molecule has 0 aromatic carbocycles. The van der Waals surface area contributed by atoms with Crippen molar-refractivity contribution in [2.75, 3.05) is 39.8 Å². The fourth-order valence-corrected chi connectivity index (χ4v) is 2.36. The lowest BCUT2D eigenvalue weighted by molar-refractivity contribution is 0.124. The number of rotatable bonds is 3. The predicted molar refractivity (Wildman–Crippen MR) is 59.3 cm³/mol. The van der Waals surface area contributed by atoms with Crippen molar-refractivity contribution < 1.29 is 0 Å². The SMILES string of the molecule is CN1CCN(CC(C)(N)C2CC2)CC1. The van der Waals surface area contributed by atoms with E-state index in [1.54, 1.807) is 0 Å². The molecule has 1 aliphatic carbocycles. The summed E-state index contributed by atoms with van der Waals surface area (Å²) in [6.45, 7) is 8.09. The molecule has 0 aromatic heterocycles. The third-order valence-corrected chi connectivity index (χ3v) is 3.67. The smallest absolute Gasteiger partial charge is 0.0283 e. The highest BCUT2D eigenvalue weighted by molar-refractivity contribution is 4.97. The van der Waals surface area contributed by atoms with E-state index in [9.17, 15) is 0 Å². The van der Waals surface area contributed by atoms with E-state index in [1.807, 2.05) is 0 Å². The van der Waals surface area contributed by atoms with E-state index in [0.29, 0.717) is 0 Å². The average Bonchev–Trinajstić information content (AvgIpc) is 2.91. The predicted octanol–water partition coefficient (Wildman–Crippen LogP) is 0.361. The van der Waals surface area contributed by atoms with E-state index in [4.69, 9.17) is 5.73 Å². The van der Waals surface area contributed by atoms with Crippen molar-refractivity contribution in [2.24, 2.45) is 11.7 Å². The van der Waals surface area contributed by atoms with Crippen LogP contribution in [0.15, 0.2) is 0 Å². The quantitative estimate of drug-likeness (QED) is 0.709. The first-order valence-corrected chi connectivity index (χ1v) is 5.78. The van der Waals surface area contributed by atoms with E-state index in [-0.39, 0.29) is 5.54 Å². The second-order valence-corrected chi connectivity index (χ2v) is 5.36. The Labute approximate surface area is 87.2 Å². The Kier molecular flexibility index (Phi) is 2.82. The first kappa shape index (κ1) is 10.4. The third kappa shape index (κ3) is 2.47. The molecule has 1 unspecified atom stereocenters. The van der Waals surface area contributed by atoms with Gasteiger partial charge < -0.3 is 10.6 Å². The second-order valence-electron chi connectivity index (χ2n) is 5.36. The third-order valence-electron chi connectivity index (χ3n) is 3.67. The maximum absolute atomic E-state index is 6.33. The summed E-state index contributed by atoms with van der Waals surface area (Å²) in [5.41, 5.74) is 6.40. The summed E-state index contributed by atoms with van der Waals surface area (Å²) in [5.74, 6) is 0.794. The zero-order chi connectivity index (χ0) is 10.2. The Balaban J connectivity index is 1.79. The molecule has 1 aliphatic heterocycles.